The van der Waals surface area contributed by atoms with Gasteiger partial charge < -0.3 is 5.32 Å². The Morgan fingerprint density at radius 2 is 1.79 bits per heavy atom. The van der Waals surface area contributed by atoms with Crippen molar-refractivity contribution in [3.8, 4) is 0 Å². The minimum atomic E-state index is -3.58. The molecule has 144 valence electrons. The van der Waals surface area contributed by atoms with E-state index in [2.05, 4.69) is 10.3 Å². The molecule has 0 bridgehead atoms. The van der Waals surface area contributed by atoms with Crippen molar-refractivity contribution in [2.75, 3.05) is 28.0 Å². The van der Waals surface area contributed by atoms with Gasteiger partial charge in [-0.05, 0) is 30.3 Å². The number of fused-ring (bicyclic) bond motifs is 2. The molecule has 2 heterocycles. The van der Waals surface area contributed by atoms with Crippen molar-refractivity contribution in [2.45, 2.75) is 6.54 Å². The molecule has 1 aliphatic heterocycles. The Labute approximate surface area is 161 Å². The van der Waals surface area contributed by atoms with Gasteiger partial charge in [0.1, 0.15) is 6.54 Å². The fourth-order valence-electron chi connectivity index (χ4n) is 3.13. The van der Waals surface area contributed by atoms with Crippen LogP contribution in [-0.2, 0) is 21.5 Å². The summed E-state index contributed by atoms with van der Waals surface area (Å²) in [4.78, 5) is 29.1. The quantitative estimate of drug-likeness (QED) is 0.712. The van der Waals surface area contributed by atoms with Crippen molar-refractivity contribution in [3.05, 3.63) is 59.1 Å². The first-order valence-corrected chi connectivity index (χ1v) is 9.79. The first-order chi connectivity index (χ1) is 13.3. The molecule has 9 nitrogen and oxygen atoms in total. The summed E-state index contributed by atoms with van der Waals surface area (Å²) in [6.45, 7) is -0.207. The second-order valence-electron chi connectivity index (χ2n) is 6.39. The molecular formula is C18H17N5O4S. The Kier molecular flexibility index (Phi) is 4.07. The van der Waals surface area contributed by atoms with Crippen molar-refractivity contribution >= 4 is 44.1 Å². The highest BCUT2D eigenvalue weighted by Crippen LogP contribution is 2.40. The molecule has 10 heteroatoms. The van der Waals surface area contributed by atoms with Gasteiger partial charge in [-0.3, -0.25) is 22.8 Å². The molecule has 1 aromatic heterocycles. The third kappa shape index (κ3) is 2.78. The Morgan fingerprint density at radius 1 is 1.07 bits per heavy atom. The van der Waals surface area contributed by atoms with Crippen LogP contribution in [0.2, 0.25) is 0 Å². The molecule has 3 aromatic rings. The molecule has 4 rings (SSSR count). The van der Waals surface area contributed by atoms with Crippen LogP contribution in [0.25, 0.3) is 10.9 Å². The summed E-state index contributed by atoms with van der Waals surface area (Å²) < 4.78 is 27.9. The summed E-state index contributed by atoms with van der Waals surface area (Å²) in [6.07, 6.45) is 1.34. The molecule has 2 aromatic carbocycles. The first kappa shape index (κ1) is 18.0. The molecule has 0 aliphatic carbocycles. The van der Waals surface area contributed by atoms with E-state index < -0.39 is 16.1 Å². The van der Waals surface area contributed by atoms with Crippen LogP contribution in [-0.4, -0.2) is 38.0 Å². The van der Waals surface area contributed by atoms with E-state index in [4.69, 9.17) is 0 Å². The van der Waals surface area contributed by atoms with E-state index in [0.717, 1.165) is 4.31 Å². The molecule has 0 saturated heterocycles. The Balaban J connectivity index is 1.57. The summed E-state index contributed by atoms with van der Waals surface area (Å²) >= 11 is 0. The molecule has 0 spiro atoms. The molecule has 0 radical (unpaired) electrons. The van der Waals surface area contributed by atoms with E-state index in [0.29, 0.717) is 28.0 Å². The van der Waals surface area contributed by atoms with Crippen molar-refractivity contribution in [1.82, 2.24) is 9.55 Å². The fraction of sp³-hybridized carbons (Fsp3) is 0.167. The maximum atomic E-state index is 12.5. The Morgan fingerprint density at radius 3 is 2.57 bits per heavy atom. The van der Waals surface area contributed by atoms with Gasteiger partial charge in [-0.25, -0.2) is 4.98 Å². The molecular weight excluding hydrogens is 382 g/mol. The molecule has 1 N–H and O–H groups in total. The number of anilines is 3. The van der Waals surface area contributed by atoms with Gasteiger partial charge in [0.15, 0.2) is 0 Å². The van der Waals surface area contributed by atoms with Gasteiger partial charge in [0.2, 0.25) is 5.91 Å². The number of carbonyl (C=O) groups is 1. The van der Waals surface area contributed by atoms with Crippen molar-refractivity contribution < 1.29 is 13.2 Å². The van der Waals surface area contributed by atoms with Crippen LogP contribution in [0.15, 0.2) is 53.6 Å². The number of amides is 1. The Bertz CT molecular complexity index is 1270. The summed E-state index contributed by atoms with van der Waals surface area (Å²) in [6, 6.07) is 11.7. The fourth-order valence-corrected chi connectivity index (χ4v) is 4.29. The number of hydrogen-bond acceptors (Lipinski definition) is 5. The zero-order chi connectivity index (χ0) is 20.1. The number of carbonyl (C=O) groups excluding carboxylic acids is 1. The van der Waals surface area contributed by atoms with E-state index in [-0.39, 0.29) is 12.1 Å². The van der Waals surface area contributed by atoms with Gasteiger partial charge >= 0.3 is 10.2 Å². The van der Waals surface area contributed by atoms with Gasteiger partial charge in [-0.2, -0.15) is 8.42 Å². The summed E-state index contributed by atoms with van der Waals surface area (Å²) in [5, 5.41) is 3.13. The van der Waals surface area contributed by atoms with Crippen LogP contribution in [0.5, 0.6) is 0 Å². The maximum Gasteiger partial charge on any atom is 0.326 e. The van der Waals surface area contributed by atoms with Crippen molar-refractivity contribution in [3.63, 3.8) is 0 Å². The topological polar surface area (TPSA) is 105 Å². The predicted octanol–water partition coefficient (Wildman–Crippen LogP) is 1.17. The lowest BCUT2D eigenvalue weighted by atomic mass is 10.2. The van der Waals surface area contributed by atoms with Crippen molar-refractivity contribution in [1.29, 1.82) is 0 Å². The molecule has 0 saturated carbocycles. The lowest BCUT2D eigenvalue weighted by Crippen LogP contribution is -2.32. The second kappa shape index (κ2) is 6.34. The molecule has 0 unspecified atom stereocenters. The number of benzene rings is 2. The highest BCUT2D eigenvalue weighted by Gasteiger charge is 2.35. The monoisotopic (exact) mass is 399 g/mol. The molecule has 0 fully saturated rings. The van der Waals surface area contributed by atoms with Crippen LogP contribution < -0.4 is 19.5 Å². The summed E-state index contributed by atoms with van der Waals surface area (Å²) in [5.41, 5.74) is 1.68. The lowest BCUT2D eigenvalue weighted by molar-refractivity contribution is -0.116. The number of aromatic nitrogens is 2. The first-order valence-electron chi connectivity index (χ1n) is 8.40. The molecule has 1 amide bonds. The summed E-state index contributed by atoms with van der Waals surface area (Å²) in [5.74, 6) is -0.420. The normalized spacial score (nSPS) is 14.9. The minimum Gasteiger partial charge on any atom is -0.324 e. The third-order valence-electron chi connectivity index (χ3n) is 4.68. The van der Waals surface area contributed by atoms with Gasteiger partial charge in [0.05, 0.1) is 28.6 Å². The molecule has 1 aliphatic rings. The molecule has 0 atom stereocenters. The Hall–Kier alpha value is -3.40. The predicted molar refractivity (Wildman–Crippen MR) is 107 cm³/mol. The average Bonchev–Trinajstić information content (AvgIpc) is 2.84. The van der Waals surface area contributed by atoms with E-state index >= 15 is 0 Å². The van der Waals surface area contributed by atoms with E-state index in [1.807, 2.05) is 0 Å². The number of nitrogens with zero attached hydrogens (tertiary/aromatic N) is 4. The number of para-hydroxylation sites is 1. The standard InChI is InChI=1S/C18H17N5O4S/c1-21-15-8-7-12(9-16(15)22(2)28(21,26)27)20-17(24)10-23-11-19-14-6-4-3-5-13(14)18(23)25/h3-9,11H,10H2,1-2H3,(H,20,24). The minimum absolute atomic E-state index is 0.207. The van der Waals surface area contributed by atoms with Crippen LogP contribution in [0.4, 0.5) is 17.1 Å². The zero-order valence-electron chi connectivity index (χ0n) is 15.2. The van der Waals surface area contributed by atoms with Crippen LogP contribution in [0.3, 0.4) is 0 Å². The number of nitrogens with one attached hydrogen (secondary N) is 1. The van der Waals surface area contributed by atoms with E-state index in [1.54, 1.807) is 42.5 Å². The van der Waals surface area contributed by atoms with Gasteiger partial charge in [0.25, 0.3) is 5.56 Å². The van der Waals surface area contributed by atoms with Crippen molar-refractivity contribution in [2.24, 2.45) is 0 Å². The van der Waals surface area contributed by atoms with Gasteiger partial charge in [-0.1, -0.05) is 12.1 Å². The van der Waals surface area contributed by atoms with Crippen LogP contribution >= 0.6 is 0 Å². The van der Waals surface area contributed by atoms with Gasteiger partial charge in [0, 0.05) is 19.8 Å². The lowest BCUT2D eigenvalue weighted by Gasteiger charge is -2.13. The molecule has 28 heavy (non-hydrogen) atoms. The maximum absolute atomic E-state index is 12.5. The highest BCUT2D eigenvalue weighted by molar-refractivity contribution is 7.94. The van der Waals surface area contributed by atoms with Crippen LogP contribution in [0, 0.1) is 0 Å². The number of rotatable bonds is 3. The van der Waals surface area contributed by atoms with Gasteiger partial charge in [-0.15, -0.1) is 0 Å². The highest BCUT2D eigenvalue weighted by atomic mass is 32.2. The SMILES string of the molecule is CN1c2ccc(NC(=O)Cn3cnc4ccccc4c3=O)cc2N(C)S1(=O)=O. The van der Waals surface area contributed by atoms with E-state index in [1.165, 1.54) is 29.3 Å². The second-order valence-corrected chi connectivity index (χ2v) is 8.38. The smallest absolute Gasteiger partial charge is 0.324 e. The third-order valence-corrected chi connectivity index (χ3v) is 6.45. The average molecular weight is 399 g/mol. The number of hydrogen-bond donors (Lipinski definition) is 1. The largest absolute Gasteiger partial charge is 0.326 e. The van der Waals surface area contributed by atoms with E-state index in [9.17, 15) is 18.0 Å². The summed E-state index contributed by atoms with van der Waals surface area (Å²) in [7, 11) is -0.667. The zero-order valence-corrected chi connectivity index (χ0v) is 16.0. The van der Waals surface area contributed by atoms with Crippen LogP contribution in [0.1, 0.15) is 0 Å².